The summed E-state index contributed by atoms with van der Waals surface area (Å²) in [6, 6.07) is 9.82. The van der Waals surface area contributed by atoms with Crippen molar-refractivity contribution in [3.63, 3.8) is 0 Å². The molecule has 1 N–H and O–H groups in total. The number of anilines is 1. The van der Waals surface area contributed by atoms with E-state index in [0.29, 0.717) is 12.1 Å². The predicted octanol–water partition coefficient (Wildman–Crippen LogP) is 6.20. The van der Waals surface area contributed by atoms with E-state index < -0.39 is 68.9 Å². The van der Waals surface area contributed by atoms with Crippen molar-refractivity contribution >= 4 is 21.7 Å². The number of ether oxygens (including phenoxy) is 3. The smallest absolute Gasteiger partial charge is 0.416 e. The molecule has 0 spiro atoms. The Balaban J connectivity index is 1.84. The van der Waals surface area contributed by atoms with Gasteiger partial charge in [0.05, 0.1) is 34.7 Å². The quantitative estimate of drug-likeness (QED) is 0.266. The molecule has 232 valence electrons. The normalized spacial score (nSPS) is 16.8. The van der Waals surface area contributed by atoms with E-state index in [1.807, 2.05) is 0 Å². The Morgan fingerprint density at radius 2 is 1.81 bits per heavy atom. The van der Waals surface area contributed by atoms with Crippen molar-refractivity contribution < 1.29 is 58.9 Å². The molecule has 0 fully saturated rings. The standard InChI is InChI=1S/C28H25F6NO7S/c1-27(15-40-2,25(36)37)13-21-14-35(43(38,39)22-5-3-4-18(11-22)28(32,33)34)23-10-16(6-7-24(23)41-21)17-8-19(29)12-20(9-17)42-26(30)31/h3-12,21,26H,13-15H2,1-2H3,(H,36,37)/t21-,27-/m0/s1. The fourth-order valence-electron chi connectivity index (χ4n) is 4.71. The maximum Gasteiger partial charge on any atom is 0.416 e. The Labute approximate surface area is 242 Å². The maximum atomic E-state index is 14.3. The van der Waals surface area contributed by atoms with Gasteiger partial charge < -0.3 is 19.3 Å². The third kappa shape index (κ3) is 6.99. The van der Waals surface area contributed by atoms with Gasteiger partial charge in [0, 0.05) is 19.6 Å². The molecule has 0 saturated heterocycles. The molecule has 2 atom stereocenters. The third-order valence-corrected chi connectivity index (χ3v) is 8.50. The Hall–Kier alpha value is -3.98. The van der Waals surface area contributed by atoms with Crippen LogP contribution in [0.5, 0.6) is 11.5 Å². The summed E-state index contributed by atoms with van der Waals surface area (Å²) in [7, 11) is -3.45. The molecule has 0 unspecified atom stereocenters. The first-order chi connectivity index (χ1) is 20.0. The molecule has 0 radical (unpaired) electrons. The minimum absolute atomic E-state index is 0.0236. The summed E-state index contributed by atoms with van der Waals surface area (Å²) in [5.74, 6) is -2.75. The number of methoxy groups -OCH3 is 1. The molecular weight excluding hydrogens is 608 g/mol. The van der Waals surface area contributed by atoms with E-state index in [2.05, 4.69) is 4.74 Å². The molecule has 3 aromatic rings. The second-order valence-electron chi connectivity index (χ2n) is 10.0. The van der Waals surface area contributed by atoms with E-state index >= 15 is 0 Å². The van der Waals surface area contributed by atoms with E-state index in [9.17, 15) is 44.7 Å². The third-order valence-electron chi connectivity index (χ3n) is 6.73. The minimum atomic E-state index is -4.84. The van der Waals surface area contributed by atoms with Crippen molar-refractivity contribution in [3.05, 3.63) is 72.0 Å². The Bertz CT molecular complexity index is 1620. The number of nitrogens with zero attached hydrogens (tertiary/aromatic N) is 1. The van der Waals surface area contributed by atoms with Crippen LogP contribution < -0.4 is 13.8 Å². The lowest BCUT2D eigenvalue weighted by Gasteiger charge is -2.38. The highest BCUT2D eigenvalue weighted by atomic mass is 32.2. The van der Waals surface area contributed by atoms with Gasteiger partial charge in [0.1, 0.15) is 23.4 Å². The number of carbonyl (C=O) groups is 1. The molecule has 0 bridgehead atoms. The average molecular weight is 634 g/mol. The van der Waals surface area contributed by atoms with Gasteiger partial charge in [-0.2, -0.15) is 22.0 Å². The zero-order valence-electron chi connectivity index (χ0n) is 22.6. The van der Waals surface area contributed by atoms with E-state index in [1.54, 1.807) is 0 Å². The fourth-order valence-corrected chi connectivity index (χ4v) is 6.26. The first-order valence-corrected chi connectivity index (χ1v) is 14.0. The van der Waals surface area contributed by atoms with Crippen molar-refractivity contribution in [2.24, 2.45) is 5.41 Å². The molecule has 0 aliphatic carbocycles. The number of carboxylic acids is 1. The summed E-state index contributed by atoms with van der Waals surface area (Å²) < 4.78 is 124. The van der Waals surface area contributed by atoms with E-state index in [1.165, 1.54) is 32.2 Å². The molecule has 43 heavy (non-hydrogen) atoms. The van der Waals surface area contributed by atoms with Gasteiger partial charge in [-0.05, 0) is 60.5 Å². The average Bonchev–Trinajstić information content (AvgIpc) is 2.91. The molecule has 15 heteroatoms. The summed E-state index contributed by atoms with van der Waals surface area (Å²) in [4.78, 5) is 11.3. The van der Waals surface area contributed by atoms with Crippen molar-refractivity contribution in [1.29, 1.82) is 0 Å². The molecule has 3 aromatic carbocycles. The van der Waals surface area contributed by atoms with Crippen LogP contribution in [0.4, 0.5) is 32.0 Å². The first-order valence-electron chi connectivity index (χ1n) is 12.5. The van der Waals surface area contributed by atoms with Crippen LogP contribution in [-0.2, 0) is 25.7 Å². The second-order valence-corrected chi connectivity index (χ2v) is 11.9. The number of rotatable bonds is 10. The van der Waals surface area contributed by atoms with Gasteiger partial charge >= 0.3 is 18.8 Å². The number of hydrogen-bond donors (Lipinski definition) is 1. The van der Waals surface area contributed by atoms with E-state index in [4.69, 9.17) is 9.47 Å². The molecule has 0 aromatic heterocycles. The Morgan fingerprint density at radius 3 is 2.44 bits per heavy atom. The molecule has 0 amide bonds. The molecule has 8 nitrogen and oxygen atoms in total. The molecular formula is C28H25F6NO7S. The molecule has 1 aliphatic heterocycles. The number of carboxylic acid groups (broad SMARTS) is 1. The van der Waals surface area contributed by atoms with Crippen LogP contribution in [0.1, 0.15) is 18.9 Å². The summed E-state index contributed by atoms with van der Waals surface area (Å²) in [6.07, 6.45) is -6.18. The van der Waals surface area contributed by atoms with Gasteiger partial charge in [0.15, 0.2) is 0 Å². The zero-order valence-corrected chi connectivity index (χ0v) is 23.4. The van der Waals surface area contributed by atoms with Crippen LogP contribution in [0.15, 0.2) is 65.6 Å². The highest BCUT2D eigenvalue weighted by Gasteiger charge is 2.42. The Kier molecular flexibility index (Phi) is 8.88. The van der Waals surface area contributed by atoms with Gasteiger partial charge in [-0.15, -0.1) is 0 Å². The van der Waals surface area contributed by atoms with Crippen LogP contribution in [0.2, 0.25) is 0 Å². The van der Waals surface area contributed by atoms with Gasteiger partial charge in [-0.3, -0.25) is 9.10 Å². The Morgan fingerprint density at radius 1 is 1.09 bits per heavy atom. The molecule has 1 aliphatic rings. The largest absolute Gasteiger partial charge is 0.486 e. The molecule has 4 rings (SSSR count). The summed E-state index contributed by atoms with van der Waals surface area (Å²) in [5, 5.41) is 9.80. The van der Waals surface area contributed by atoms with Crippen molar-refractivity contribution in [1.82, 2.24) is 0 Å². The second kappa shape index (κ2) is 12.0. The van der Waals surface area contributed by atoms with Gasteiger partial charge in [0.25, 0.3) is 10.0 Å². The maximum absolute atomic E-state index is 14.3. The van der Waals surface area contributed by atoms with Gasteiger partial charge in [-0.25, -0.2) is 12.8 Å². The number of aliphatic carboxylic acids is 1. The van der Waals surface area contributed by atoms with Gasteiger partial charge in [0.2, 0.25) is 0 Å². The summed E-state index contributed by atoms with van der Waals surface area (Å²) in [5.41, 5.74) is -2.73. The number of benzene rings is 3. The first kappa shape index (κ1) is 31.9. The lowest BCUT2D eigenvalue weighted by atomic mass is 9.85. The van der Waals surface area contributed by atoms with E-state index in [-0.39, 0.29) is 35.6 Å². The number of halogens is 6. The SMILES string of the molecule is COC[C@](C)(C[C@H]1CN(S(=O)(=O)c2cccc(C(F)(F)F)c2)c2cc(-c3cc(F)cc(OC(F)F)c3)ccc2O1)C(=O)O. The number of fused-ring (bicyclic) bond motifs is 1. The van der Waals surface area contributed by atoms with Crippen molar-refractivity contribution in [3.8, 4) is 22.6 Å². The van der Waals surface area contributed by atoms with Crippen LogP contribution in [0.3, 0.4) is 0 Å². The lowest BCUT2D eigenvalue weighted by Crippen LogP contribution is -2.47. The topological polar surface area (TPSA) is 102 Å². The summed E-state index contributed by atoms with van der Waals surface area (Å²) in [6.45, 7) is -2.64. The molecule has 1 heterocycles. The molecule has 0 saturated carbocycles. The van der Waals surface area contributed by atoms with Crippen molar-refractivity contribution in [2.75, 3.05) is 24.6 Å². The summed E-state index contributed by atoms with van der Waals surface area (Å²) >= 11 is 0. The number of alkyl halides is 5. The number of sulfonamides is 1. The van der Waals surface area contributed by atoms with E-state index in [0.717, 1.165) is 34.6 Å². The fraction of sp³-hybridized carbons (Fsp3) is 0.321. The monoisotopic (exact) mass is 633 g/mol. The van der Waals surface area contributed by atoms with Crippen LogP contribution in [-0.4, -0.2) is 52.5 Å². The van der Waals surface area contributed by atoms with Crippen LogP contribution in [0, 0.1) is 11.2 Å². The highest BCUT2D eigenvalue weighted by Crippen LogP contribution is 2.43. The predicted molar refractivity (Wildman–Crippen MR) is 141 cm³/mol. The minimum Gasteiger partial charge on any atom is -0.486 e. The van der Waals surface area contributed by atoms with Gasteiger partial charge in [-0.1, -0.05) is 12.1 Å². The van der Waals surface area contributed by atoms with Crippen LogP contribution in [0.25, 0.3) is 11.1 Å². The zero-order chi connectivity index (χ0) is 31.7. The lowest BCUT2D eigenvalue weighted by molar-refractivity contribution is -0.153. The van der Waals surface area contributed by atoms with Crippen molar-refractivity contribution in [2.45, 2.75) is 37.1 Å². The highest BCUT2D eigenvalue weighted by molar-refractivity contribution is 7.92. The van der Waals surface area contributed by atoms with Crippen LogP contribution >= 0.6 is 0 Å². The number of hydrogen-bond acceptors (Lipinski definition) is 6.